The van der Waals surface area contributed by atoms with E-state index in [1.165, 1.54) is 16.8 Å². The molecule has 6 nitrogen and oxygen atoms in total. The fourth-order valence-electron chi connectivity index (χ4n) is 1.89. The number of hydrogen-bond donors (Lipinski definition) is 1. The van der Waals surface area contributed by atoms with E-state index in [2.05, 4.69) is 15.5 Å². The van der Waals surface area contributed by atoms with E-state index in [0.29, 0.717) is 11.6 Å². The van der Waals surface area contributed by atoms with Gasteiger partial charge in [0.15, 0.2) is 0 Å². The molecule has 0 fully saturated rings. The summed E-state index contributed by atoms with van der Waals surface area (Å²) in [5.41, 5.74) is 1.52. The molecule has 0 aliphatic rings. The first-order chi connectivity index (χ1) is 9.04. The number of nitrogens with zero attached hydrogens (tertiary/aromatic N) is 2. The topological polar surface area (TPSA) is 95.0 Å². The summed E-state index contributed by atoms with van der Waals surface area (Å²) in [5.74, 6) is -2.17. The molecule has 1 amide bonds. The third kappa shape index (κ3) is 5.34. The molecule has 1 heterocycles. The average molecular weight is 284 g/mol. The summed E-state index contributed by atoms with van der Waals surface area (Å²) >= 11 is 1.22. The normalized spacial score (nSPS) is 13.8. The van der Waals surface area contributed by atoms with E-state index in [4.69, 9.17) is 0 Å². The van der Waals surface area contributed by atoms with Gasteiger partial charge in [0.1, 0.15) is 5.51 Å². The minimum Gasteiger partial charge on any atom is -0.550 e. The van der Waals surface area contributed by atoms with Crippen molar-refractivity contribution in [2.45, 2.75) is 39.5 Å². The van der Waals surface area contributed by atoms with E-state index in [0.717, 1.165) is 12.8 Å². The Kier molecular flexibility index (Phi) is 6.41. The van der Waals surface area contributed by atoms with Crippen molar-refractivity contribution in [3.8, 4) is 0 Å². The number of carbonyl (C=O) groups excluding carboxylic acids is 2. The van der Waals surface area contributed by atoms with Gasteiger partial charge in [-0.05, 0) is 12.3 Å². The third-order valence-electron chi connectivity index (χ3n) is 2.97. The maximum atomic E-state index is 11.7. The van der Waals surface area contributed by atoms with Crippen LogP contribution in [0.25, 0.3) is 0 Å². The van der Waals surface area contributed by atoms with Crippen LogP contribution in [0, 0.1) is 11.8 Å². The molecule has 0 unspecified atom stereocenters. The van der Waals surface area contributed by atoms with Crippen molar-refractivity contribution >= 4 is 28.3 Å². The van der Waals surface area contributed by atoms with Crippen LogP contribution in [-0.4, -0.2) is 22.1 Å². The lowest BCUT2D eigenvalue weighted by molar-refractivity contribution is -0.313. The van der Waals surface area contributed by atoms with Crippen LogP contribution in [0.4, 0.5) is 5.13 Å². The number of carboxylic acids is 1. The van der Waals surface area contributed by atoms with Gasteiger partial charge in [0.25, 0.3) is 0 Å². The first kappa shape index (κ1) is 15.6. The molecule has 0 aliphatic carbocycles. The van der Waals surface area contributed by atoms with Crippen LogP contribution in [0.3, 0.4) is 0 Å². The summed E-state index contributed by atoms with van der Waals surface area (Å²) < 4.78 is 0. The second-order valence-corrected chi connectivity index (χ2v) is 5.37. The fraction of sp³-hybridized carbons (Fsp3) is 0.667. The van der Waals surface area contributed by atoms with Crippen LogP contribution in [-0.2, 0) is 9.59 Å². The highest BCUT2D eigenvalue weighted by Crippen LogP contribution is 2.22. The molecule has 0 bridgehead atoms. The first-order valence-electron chi connectivity index (χ1n) is 6.31. The highest BCUT2D eigenvalue weighted by molar-refractivity contribution is 7.13. The molecule has 7 heteroatoms. The Morgan fingerprint density at radius 2 is 2.26 bits per heavy atom. The predicted molar refractivity (Wildman–Crippen MR) is 70.3 cm³/mol. The number of hydrogen-bond acceptors (Lipinski definition) is 6. The molecular weight excluding hydrogens is 266 g/mol. The zero-order valence-electron chi connectivity index (χ0n) is 11.1. The van der Waals surface area contributed by atoms with Gasteiger partial charge < -0.3 is 15.2 Å². The lowest BCUT2D eigenvalue weighted by Crippen LogP contribution is -2.36. The van der Waals surface area contributed by atoms with Gasteiger partial charge in [-0.3, -0.25) is 4.79 Å². The number of anilines is 1. The number of rotatable bonds is 8. The lowest BCUT2D eigenvalue weighted by atomic mass is 9.87. The highest BCUT2D eigenvalue weighted by atomic mass is 32.1. The van der Waals surface area contributed by atoms with Gasteiger partial charge >= 0.3 is 0 Å². The highest BCUT2D eigenvalue weighted by Gasteiger charge is 2.21. The monoisotopic (exact) mass is 284 g/mol. The van der Waals surface area contributed by atoms with E-state index in [9.17, 15) is 14.7 Å². The smallest absolute Gasteiger partial charge is 0.226 e. The summed E-state index contributed by atoms with van der Waals surface area (Å²) in [4.78, 5) is 22.8. The van der Waals surface area contributed by atoms with Crippen molar-refractivity contribution in [1.82, 2.24) is 10.2 Å². The molecule has 0 saturated heterocycles. The Balaban J connectivity index is 2.48. The summed E-state index contributed by atoms with van der Waals surface area (Å²) in [6, 6.07) is 0. The number of amides is 1. The van der Waals surface area contributed by atoms with Crippen LogP contribution >= 0.6 is 11.3 Å². The van der Waals surface area contributed by atoms with Gasteiger partial charge in [0.05, 0.1) is 0 Å². The van der Waals surface area contributed by atoms with Crippen molar-refractivity contribution in [2.24, 2.45) is 11.8 Å². The Bertz CT molecular complexity index is 408. The molecule has 1 aromatic rings. The fourth-order valence-corrected chi connectivity index (χ4v) is 2.35. The van der Waals surface area contributed by atoms with Crippen molar-refractivity contribution < 1.29 is 14.7 Å². The van der Waals surface area contributed by atoms with Gasteiger partial charge in [-0.25, -0.2) is 0 Å². The SMILES string of the molecule is CCCC[C@H](C(=O)[O-])[C@H](C)CC(=O)Nc1nncs1. The summed E-state index contributed by atoms with van der Waals surface area (Å²) in [5, 5.41) is 21.4. The molecule has 2 atom stereocenters. The zero-order chi connectivity index (χ0) is 14.3. The van der Waals surface area contributed by atoms with Crippen LogP contribution < -0.4 is 10.4 Å². The Morgan fingerprint density at radius 3 is 2.79 bits per heavy atom. The first-order valence-corrected chi connectivity index (χ1v) is 7.19. The molecule has 0 radical (unpaired) electrons. The van der Waals surface area contributed by atoms with Gasteiger partial charge in [0.2, 0.25) is 11.0 Å². The largest absolute Gasteiger partial charge is 0.550 e. The van der Waals surface area contributed by atoms with Gasteiger partial charge in [-0.2, -0.15) is 0 Å². The van der Waals surface area contributed by atoms with E-state index >= 15 is 0 Å². The zero-order valence-corrected chi connectivity index (χ0v) is 11.9. The third-order valence-corrected chi connectivity index (χ3v) is 3.58. The number of carboxylic acid groups (broad SMARTS) is 1. The Hall–Kier alpha value is -1.50. The molecule has 0 aromatic carbocycles. The minimum absolute atomic E-state index is 0.141. The van der Waals surface area contributed by atoms with Crippen molar-refractivity contribution in [3.05, 3.63) is 5.51 Å². The maximum Gasteiger partial charge on any atom is 0.226 e. The van der Waals surface area contributed by atoms with Gasteiger partial charge in [-0.1, -0.05) is 38.0 Å². The van der Waals surface area contributed by atoms with Crippen LogP contribution in [0.1, 0.15) is 39.5 Å². The quantitative estimate of drug-likeness (QED) is 0.770. The molecular formula is C12H18N3O3S-. The molecule has 0 aliphatic heterocycles. The van der Waals surface area contributed by atoms with Crippen LogP contribution in [0.2, 0.25) is 0 Å². The second-order valence-electron chi connectivity index (χ2n) is 4.54. The minimum atomic E-state index is -1.08. The van der Waals surface area contributed by atoms with Gasteiger partial charge in [0, 0.05) is 18.3 Å². The predicted octanol–water partition coefficient (Wildman–Crippen LogP) is 1.06. The van der Waals surface area contributed by atoms with Crippen molar-refractivity contribution in [1.29, 1.82) is 0 Å². The molecule has 0 spiro atoms. The average Bonchev–Trinajstić information content (AvgIpc) is 2.81. The van der Waals surface area contributed by atoms with Crippen LogP contribution in [0.5, 0.6) is 0 Å². The van der Waals surface area contributed by atoms with Crippen LogP contribution in [0.15, 0.2) is 5.51 Å². The number of unbranched alkanes of at least 4 members (excludes halogenated alkanes) is 1. The molecule has 1 aromatic heterocycles. The lowest BCUT2D eigenvalue weighted by Gasteiger charge is -2.24. The number of aliphatic carboxylic acids is 1. The molecule has 1 rings (SSSR count). The summed E-state index contributed by atoms with van der Waals surface area (Å²) in [6.07, 6.45) is 2.43. The van der Waals surface area contributed by atoms with Crippen molar-refractivity contribution in [3.63, 3.8) is 0 Å². The van der Waals surface area contributed by atoms with Crippen molar-refractivity contribution in [2.75, 3.05) is 5.32 Å². The van der Waals surface area contributed by atoms with E-state index in [1.54, 1.807) is 6.92 Å². The standard InChI is InChI=1S/C12H19N3O3S/c1-3-4-5-9(11(17)18)8(2)6-10(16)14-12-15-13-7-19-12/h7-9H,3-6H2,1-2H3,(H,17,18)(H,14,15,16)/p-1/t8-,9+/m1/s1. The summed E-state index contributed by atoms with van der Waals surface area (Å²) in [7, 11) is 0. The Morgan fingerprint density at radius 1 is 1.53 bits per heavy atom. The summed E-state index contributed by atoms with van der Waals surface area (Å²) in [6.45, 7) is 3.76. The van der Waals surface area contributed by atoms with E-state index in [1.807, 2.05) is 6.92 Å². The van der Waals surface area contributed by atoms with E-state index < -0.39 is 11.9 Å². The molecule has 19 heavy (non-hydrogen) atoms. The number of nitrogens with one attached hydrogen (secondary N) is 1. The van der Waals surface area contributed by atoms with E-state index in [-0.39, 0.29) is 18.2 Å². The molecule has 1 N–H and O–H groups in total. The Labute approximate surface area is 116 Å². The number of carbonyl (C=O) groups is 2. The van der Waals surface area contributed by atoms with Gasteiger partial charge in [-0.15, -0.1) is 10.2 Å². The maximum absolute atomic E-state index is 11.7. The number of aromatic nitrogens is 2. The molecule has 106 valence electrons. The molecule has 0 saturated carbocycles. The second kappa shape index (κ2) is 7.83.